The van der Waals surface area contributed by atoms with E-state index in [-0.39, 0.29) is 31.4 Å². The maximum absolute atomic E-state index is 8.70. The number of hydrogen-bond donors (Lipinski definition) is 2. The fraction of sp³-hybridized carbons (Fsp3) is 0.357. The second-order valence-electron chi connectivity index (χ2n) is 4.70. The largest absolute Gasteiger partial charge is 0.394 e. The molecule has 3 rings (SSSR count). The molecule has 0 spiro atoms. The maximum atomic E-state index is 8.70. The second kappa shape index (κ2) is 9.75. The zero-order chi connectivity index (χ0) is 15.4. The molecule has 2 N–H and O–H groups in total. The van der Waals surface area contributed by atoms with E-state index in [4.69, 9.17) is 9.84 Å². The molecule has 0 amide bonds. The Labute approximate surface area is 155 Å². The molecule has 132 valence electrons. The Morgan fingerprint density at radius 2 is 2.12 bits per heavy atom. The van der Waals surface area contributed by atoms with Gasteiger partial charge in [-0.25, -0.2) is 9.97 Å². The number of anilines is 1. The number of rotatable bonds is 7. The second-order valence-corrected chi connectivity index (χ2v) is 5.56. The summed E-state index contributed by atoms with van der Waals surface area (Å²) in [4.78, 5) is 14.2. The summed E-state index contributed by atoms with van der Waals surface area (Å²) in [7, 11) is 0. The Bertz CT molecular complexity index is 751. The summed E-state index contributed by atoms with van der Waals surface area (Å²) in [6, 6.07) is 0. The van der Waals surface area contributed by atoms with Crippen LogP contribution in [0.25, 0.3) is 16.2 Å². The smallest absolute Gasteiger partial charge is 0.238 e. The van der Waals surface area contributed by atoms with Gasteiger partial charge in [-0.05, 0) is 17.9 Å². The fourth-order valence-electron chi connectivity index (χ4n) is 2.10. The van der Waals surface area contributed by atoms with Gasteiger partial charge in [0.1, 0.15) is 17.0 Å². The molecule has 0 aliphatic rings. The van der Waals surface area contributed by atoms with E-state index in [1.807, 2.05) is 13.1 Å². The molecule has 0 aromatic carbocycles. The van der Waals surface area contributed by atoms with E-state index in [0.29, 0.717) is 25.7 Å². The van der Waals surface area contributed by atoms with Gasteiger partial charge in [0.15, 0.2) is 0 Å². The van der Waals surface area contributed by atoms with E-state index in [1.165, 1.54) is 0 Å². The molecular formula is C14H19Cl2N5O2S. The van der Waals surface area contributed by atoms with Gasteiger partial charge in [0.2, 0.25) is 5.95 Å². The van der Waals surface area contributed by atoms with Gasteiger partial charge in [-0.3, -0.25) is 4.57 Å². The third-order valence-electron chi connectivity index (χ3n) is 3.12. The lowest BCUT2D eigenvalue weighted by Gasteiger charge is -2.10. The van der Waals surface area contributed by atoms with Gasteiger partial charge in [-0.1, -0.05) is 0 Å². The number of aliphatic hydroxyl groups excluding tert-OH is 1. The molecular weight excluding hydrogens is 373 g/mol. The van der Waals surface area contributed by atoms with Crippen LogP contribution in [-0.4, -0.2) is 51.0 Å². The molecule has 0 saturated carbocycles. The monoisotopic (exact) mass is 391 g/mol. The van der Waals surface area contributed by atoms with Gasteiger partial charge in [-0.2, -0.15) is 4.98 Å². The van der Waals surface area contributed by atoms with E-state index in [0.717, 1.165) is 21.6 Å². The number of thiophene rings is 1. The highest BCUT2D eigenvalue weighted by Crippen LogP contribution is 2.29. The summed E-state index contributed by atoms with van der Waals surface area (Å²) in [5.41, 5.74) is 1.15. The van der Waals surface area contributed by atoms with Crippen LogP contribution in [0.5, 0.6) is 0 Å². The van der Waals surface area contributed by atoms with Gasteiger partial charge >= 0.3 is 0 Å². The Balaban J connectivity index is 0.00000144. The van der Waals surface area contributed by atoms with Gasteiger partial charge in [0.05, 0.1) is 25.2 Å². The molecule has 3 heterocycles. The van der Waals surface area contributed by atoms with Crippen LogP contribution < -0.4 is 5.32 Å². The topological polar surface area (TPSA) is 85.1 Å². The van der Waals surface area contributed by atoms with Crippen LogP contribution in [0.1, 0.15) is 5.56 Å². The number of ether oxygens (including phenoxy) is 1. The van der Waals surface area contributed by atoms with Gasteiger partial charge < -0.3 is 15.2 Å². The molecule has 0 atom stereocenters. The number of fused-ring (bicyclic) bond motifs is 1. The molecule has 3 aromatic heterocycles. The van der Waals surface area contributed by atoms with E-state index < -0.39 is 0 Å². The number of aliphatic hydroxyl groups is 1. The lowest BCUT2D eigenvalue weighted by Crippen LogP contribution is -2.13. The quantitative estimate of drug-likeness (QED) is 0.601. The summed E-state index contributed by atoms with van der Waals surface area (Å²) in [5, 5.41) is 15.1. The molecule has 0 unspecified atom stereocenters. The van der Waals surface area contributed by atoms with Crippen molar-refractivity contribution in [1.82, 2.24) is 19.5 Å². The van der Waals surface area contributed by atoms with Crippen LogP contribution in [0.4, 0.5) is 5.82 Å². The molecule has 0 fully saturated rings. The molecule has 0 aliphatic heterocycles. The Morgan fingerprint density at radius 3 is 2.83 bits per heavy atom. The number of aryl methyl sites for hydroxylation is 1. The summed E-state index contributed by atoms with van der Waals surface area (Å²) in [5.74, 6) is 1.38. The van der Waals surface area contributed by atoms with Crippen molar-refractivity contribution in [1.29, 1.82) is 0 Å². The summed E-state index contributed by atoms with van der Waals surface area (Å²) in [6.07, 6.45) is 5.19. The van der Waals surface area contributed by atoms with Gasteiger partial charge in [0, 0.05) is 18.9 Å². The first-order valence-electron chi connectivity index (χ1n) is 6.96. The fourth-order valence-corrected chi connectivity index (χ4v) is 3.02. The van der Waals surface area contributed by atoms with Crippen molar-refractivity contribution in [2.24, 2.45) is 0 Å². The average Bonchev–Trinajstić information content (AvgIpc) is 3.17. The van der Waals surface area contributed by atoms with Crippen LogP contribution >= 0.6 is 36.2 Å². The zero-order valence-electron chi connectivity index (χ0n) is 13.0. The highest BCUT2D eigenvalue weighted by molar-refractivity contribution is 7.17. The molecule has 3 aromatic rings. The first-order chi connectivity index (χ1) is 10.8. The number of nitrogens with zero attached hydrogens (tertiary/aromatic N) is 4. The van der Waals surface area contributed by atoms with E-state index in [2.05, 4.69) is 25.6 Å². The minimum atomic E-state index is 0. The van der Waals surface area contributed by atoms with Crippen LogP contribution in [-0.2, 0) is 4.74 Å². The SMILES string of the molecule is Cc1csc2nc(-n3ccnc3)nc(NCCOCCO)c12.Cl.Cl. The first kappa shape index (κ1) is 20.6. The standard InChI is InChI=1S/C14H17N5O2S.2ClH/c1-10-8-22-13-11(10)12(16-3-6-21-7-5-20)17-14(18-13)19-4-2-15-9-19;;/h2,4,8-9,20H,3,5-7H2,1H3,(H,16,17,18);2*1H. The third-order valence-corrected chi connectivity index (χ3v) is 4.11. The predicted molar refractivity (Wildman–Crippen MR) is 100 cm³/mol. The van der Waals surface area contributed by atoms with Crippen molar-refractivity contribution in [3.05, 3.63) is 29.7 Å². The molecule has 0 bridgehead atoms. The van der Waals surface area contributed by atoms with Crippen molar-refractivity contribution in [2.75, 3.05) is 31.7 Å². The van der Waals surface area contributed by atoms with E-state index in [9.17, 15) is 0 Å². The van der Waals surface area contributed by atoms with Crippen molar-refractivity contribution in [3.63, 3.8) is 0 Å². The summed E-state index contributed by atoms with van der Waals surface area (Å²) >= 11 is 1.60. The minimum absolute atomic E-state index is 0. The Kier molecular flexibility index (Phi) is 8.37. The number of halogens is 2. The normalized spacial score (nSPS) is 10.2. The van der Waals surface area contributed by atoms with Gasteiger partial charge in [-0.15, -0.1) is 36.2 Å². The van der Waals surface area contributed by atoms with Gasteiger partial charge in [0.25, 0.3) is 0 Å². The van der Waals surface area contributed by atoms with Crippen LogP contribution in [0.15, 0.2) is 24.1 Å². The van der Waals surface area contributed by atoms with Crippen LogP contribution in [0.2, 0.25) is 0 Å². The average molecular weight is 392 g/mol. The van der Waals surface area contributed by atoms with Crippen molar-refractivity contribution >= 4 is 52.2 Å². The zero-order valence-corrected chi connectivity index (χ0v) is 15.5. The highest BCUT2D eigenvalue weighted by Gasteiger charge is 2.12. The number of aromatic nitrogens is 4. The summed E-state index contributed by atoms with van der Waals surface area (Å²) < 4.78 is 7.04. The summed E-state index contributed by atoms with van der Waals surface area (Å²) in [6.45, 7) is 3.55. The lowest BCUT2D eigenvalue weighted by molar-refractivity contribution is 0.0992. The minimum Gasteiger partial charge on any atom is -0.394 e. The molecule has 0 aliphatic carbocycles. The van der Waals surface area contributed by atoms with Crippen molar-refractivity contribution in [2.45, 2.75) is 6.92 Å². The molecule has 0 radical (unpaired) electrons. The predicted octanol–water partition coefficient (Wildman–Crippen LogP) is 2.45. The first-order valence-corrected chi connectivity index (χ1v) is 7.84. The maximum Gasteiger partial charge on any atom is 0.238 e. The lowest BCUT2D eigenvalue weighted by atomic mass is 10.2. The van der Waals surface area contributed by atoms with Crippen LogP contribution in [0, 0.1) is 6.92 Å². The van der Waals surface area contributed by atoms with E-state index in [1.54, 1.807) is 28.4 Å². The molecule has 7 nitrogen and oxygen atoms in total. The number of imidazole rings is 1. The highest BCUT2D eigenvalue weighted by atomic mass is 35.5. The van der Waals surface area contributed by atoms with Crippen LogP contribution in [0.3, 0.4) is 0 Å². The Hall–Kier alpha value is -1.45. The van der Waals surface area contributed by atoms with Crippen molar-refractivity contribution in [3.8, 4) is 5.95 Å². The molecule has 0 saturated heterocycles. The third kappa shape index (κ3) is 4.55. The number of nitrogens with one attached hydrogen (secondary N) is 1. The molecule has 24 heavy (non-hydrogen) atoms. The number of hydrogen-bond acceptors (Lipinski definition) is 7. The molecule has 10 heteroatoms. The van der Waals surface area contributed by atoms with Crippen molar-refractivity contribution < 1.29 is 9.84 Å². The Morgan fingerprint density at radius 1 is 1.29 bits per heavy atom. The van der Waals surface area contributed by atoms with E-state index >= 15 is 0 Å².